The molecule has 0 aromatic carbocycles. The number of fused-ring (bicyclic) bond motifs is 2. The van der Waals surface area contributed by atoms with Crippen LogP contribution in [0.3, 0.4) is 0 Å². The third kappa shape index (κ3) is 3.95. The smallest absolute Gasteiger partial charge is 0.371 e. The fourth-order valence-corrected chi connectivity index (χ4v) is 5.45. The molecule has 0 bridgehead atoms. The number of hydrogen-bond donors (Lipinski definition) is 5. The molecule has 2 heterocycles. The summed E-state index contributed by atoms with van der Waals surface area (Å²) in [5.74, 6) is 0.210. The first kappa shape index (κ1) is 21.1. The standard InChI is InChI=1S/C13H18ClN5O8P2/c1-15-10-9-11(18-12(14)17-10)19(5-16-9)7-2-8(27-29(23,24)25)13(3-6(7)13)4-26-28(20,21)22/h5-8H,2-4H2,1H3,(H,15,17,18)(H2,20,21,22)(H2,23,24,25)/t6?,7-,8?,13?/m0/s1. The molecule has 2 aromatic rings. The van der Waals surface area contributed by atoms with Crippen LogP contribution in [-0.2, 0) is 18.2 Å². The van der Waals surface area contributed by atoms with Crippen molar-refractivity contribution in [2.45, 2.75) is 25.0 Å². The second-order valence-electron chi connectivity index (χ2n) is 7.11. The molecule has 2 fully saturated rings. The lowest BCUT2D eigenvalue weighted by molar-refractivity contribution is 0.0499. The van der Waals surface area contributed by atoms with Crippen LogP contribution < -0.4 is 5.32 Å². The summed E-state index contributed by atoms with van der Waals surface area (Å²) in [6, 6.07) is -0.340. The highest BCUT2D eigenvalue weighted by atomic mass is 35.5. The van der Waals surface area contributed by atoms with E-state index in [0.717, 1.165) is 0 Å². The molecule has 2 aliphatic rings. The van der Waals surface area contributed by atoms with Crippen molar-refractivity contribution in [3.63, 3.8) is 0 Å². The maximum Gasteiger partial charge on any atom is 0.469 e. The minimum Gasteiger partial charge on any atom is -0.371 e. The van der Waals surface area contributed by atoms with Crippen LogP contribution >= 0.6 is 27.2 Å². The number of aromatic nitrogens is 4. The van der Waals surface area contributed by atoms with E-state index in [0.29, 0.717) is 23.4 Å². The van der Waals surface area contributed by atoms with Crippen LogP contribution in [0.4, 0.5) is 5.82 Å². The van der Waals surface area contributed by atoms with Crippen molar-refractivity contribution >= 4 is 44.2 Å². The monoisotopic (exact) mass is 469 g/mol. The predicted octanol–water partition coefficient (Wildman–Crippen LogP) is 1.06. The van der Waals surface area contributed by atoms with E-state index in [4.69, 9.17) is 25.9 Å². The Kier molecular flexibility index (Phi) is 5.05. The predicted molar refractivity (Wildman–Crippen MR) is 99.0 cm³/mol. The number of phosphoric acid groups is 2. The summed E-state index contributed by atoms with van der Waals surface area (Å²) in [6.07, 6.45) is 1.12. The Hall–Kier alpha value is -1.14. The van der Waals surface area contributed by atoms with E-state index in [1.54, 1.807) is 11.6 Å². The number of nitrogens with one attached hydrogen (secondary N) is 1. The second kappa shape index (κ2) is 6.94. The molecule has 2 aromatic heterocycles. The minimum absolute atomic E-state index is 0.00323. The molecule has 5 N–H and O–H groups in total. The average molecular weight is 470 g/mol. The zero-order valence-electron chi connectivity index (χ0n) is 14.9. The quantitative estimate of drug-likeness (QED) is 0.287. The van der Waals surface area contributed by atoms with Crippen molar-refractivity contribution < 1.29 is 37.8 Å². The molecule has 0 spiro atoms. The maximum absolute atomic E-state index is 11.4. The number of phosphoric ester groups is 2. The number of anilines is 1. The van der Waals surface area contributed by atoms with Gasteiger partial charge in [-0.25, -0.2) is 14.1 Å². The molecule has 0 amide bonds. The highest BCUT2D eigenvalue weighted by Crippen LogP contribution is 2.71. The van der Waals surface area contributed by atoms with Gasteiger partial charge >= 0.3 is 15.6 Å². The molecule has 0 saturated heterocycles. The molecular weight excluding hydrogens is 452 g/mol. The van der Waals surface area contributed by atoms with Crippen molar-refractivity contribution in [1.29, 1.82) is 0 Å². The molecule has 0 radical (unpaired) electrons. The first-order chi connectivity index (χ1) is 13.4. The van der Waals surface area contributed by atoms with Gasteiger partial charge in [-0.1, -0.05) is 0 Å². The molecule has 3 unspecified atom stereocenters. The Morgan fingerprint density at radius 1 is 1.31 bits per heavy atom. The number of imidazole rings is 1. The zero-order valence-corrected chi connectivity index (χ0v) is 17.5. The summed E-state index contributed by atoms with van der Waals surface area (Å²) in [5, 5.41) is 2.87. The highest BCUT2D eigenvalue weighted by Gasteiger charge is 2.70. The van der Waals surface area contributed by atoms with E-state index < -0.39 is 33.8 Å². The van der Waals surface area contributed by atoms with Gasteiger partial charge in [-0.15, -0.1) is 0 Å². The van der Waals surface area contributed by atoms with Gasteiger partial charge in [0.25, 0.3) is 0 Å². The lowest BCUT2D eigenvalue weighted by Crippen LogP contribution is -2.26. The Labute approximate surface area is 168 Å². The molecule has 4 rings (SSSR count). The number of rotatable bonds is 7. The van der Waals surface area contributed by atoms with Crippen LogP contribution in [0.15, 0.2) is 6.33 Å². The van der Waals surface area contributed by atoms with E-state index in [1.165, 1.54) is 6.33 Å². The molecular formula is C13H18ClN5O8P2. The molecule has 2 saturated carbocycles. The highest BCUT2D eigenvalue weighted by molar-refractivity contribution is 7.46. The van der Waals surface area contributed by atoms with E-state index >= 15 is 0 Å². The van der Waals surface area contributed by atoms with Gasteiger partial charge in [-0.3, -0.25) is 9.05 Å². The van der Waals surface area contributed by atoms with Crippen molar-refractivity contribution in [2.75, 3.05) is 19.0 Å². The number of hydrogen-bond acceptors (Lipinski definition) is 8. The van der Waals surface area contributed by atoms with Gasteiger partial charge in [0, 0.05) is 18.5 Å². The first-order valence-electron chi connectivity index (χ1n) is 8.45. The summed E-state index contributed by atoms with van der Waals surface area (Å²) >= 11 is 5.99. The Balaban J connectivity index is 1.70. The van der Waals surface area contributed by atoms with Gasteiger partial charge in [-0.2, -0.15) is 9.97 Å². The minimum atomic E-state index is -4.84. The summed E-state index contributed by atoms with van der Waals surface area (Å²) in [4.78, 5) is 49.2. The van der Waals surface area contributed by atoms with Crippen LogP contribution in [-0.4, -0.2) is 58.9 Å². The molecule has 0 aliphatic heterocycles. The Bertz CT molecular complexity index is 1060. The Morgan fingerprint density at radius 3 is 2.66 bits per heavy atom. The van der Waals surface area contributed by atoms with E-state index in [-0.39, 0.29) is 23.7 Å². The zero-order chi connectivity index (χ0) is 21.2. The average Bonchev–Trinajstić information content (AvgIpc) is 3.07. The topological polar surface area (TPSA) is 189 Å². The van der Waals surface area contributed by atoms with Gasteiger partial charge in [0.15, 0.2) is 17.0 Å². The SMILES string of the molecule is CNc1nc(Cl)nc2c1ncn2[C@H]1CC(OP(=O)(O)O)C2(COP(=O)(O)O)CC12. The first-order valence-corrected chi connectivity index (χ1v) is 11.9. The molecule has 29 heavy (non-hydrogen) atoms. The van der Waals surface area contributed by atoms with Crippen molar-refractivity contribution in [2.24, 2.45) is 11.3 Å². The van der Waals surface area contributed by atoms with Crippen LogP contribution in [0.1, 0.15) is 18.9 Å². The maximum atomic E-state index is 11.4. The largest absolute Gasteiger partial charge is 0.469 e. The van der Waals surface area contributed by atoms with Crippen molar-refractivity contribution in [3.8, 4) is 0 Å². The van der Waals surface area contributed by atoms with Gasteiger partial charge in [-0.05, 0) is 30.4 Å². The van der Waals surface area contributed by atoms with E-state index in [1.807, 2.05) is 0 Å². The van der Waals surface area contributed by atoms with Gasteiger partial charge in [0.1, 0.15) is 0 Å². The normalized spacial score (nSPS) is 29.2. The summed E-state index contributed by atoms with van der Waals surface area (Å²) < 4.78 is 33.9. The molecule has 160 valence electrons. The van der Waals surface area contributed by atoms with Gasteiger partial charge in [0.2, 0.25) is 5.28 Å². The van der Waals surface area contributed by atoms with Crippen LogP contribution in [0.25, 0.3) is 11.2 Å². The van der Waals surface area contributed by atoms with Crippen LogP contribution in [0.2, 0.25) is 5.28 Å². The van der Waals surface area contributed by atoms with Crippen LogP contribution in [0, 0.1) is 11.3 Å². The third-order valence-electron chi connectivity index (χ3n) is 5.49. The van der Waals surface area contributed by atoms with Crippen molar-refractivity contribution in [1.82, 2.24) is 19.5 Å². The fourth-order valence-electron chi connectivity index (χ4n) is 4.25. The van der Waals surface area contributed by atoms with Gasteiger partial charge < -0.3 is 29.5 Å². The lowest BCUT2D eigenvalue weighted by atomic mass is 10.0. The molecule has 2 aliphatic carbocycles. The third-order valence-corrected chi connectivity index (χ3v) is 6.66. The van der Waals surface area contributed by atoms with Crippen molar-refractivity contribution in [3.05, 3.63) is 11.6 Å². The summed E-state index contributed by atoms with van der Waals surface area (Å²) in [7, 11) is -7.94. The lowest BCUT2D eigenvalue weighted by Gasteiger charge is -2.24. The summed E-state index contributed by atoms with van der Waals surface area (Å²) in [6.45, 7) is -0.396. The number of nitrogens with zero attached hydrogens (tertiary/aromatic N) is 4. The fraction of sp³-hybridized carbons (Fsp3) is 0.615. The van der Waals surface area contributed by atoms with E-state index in [2.05, 4.69) is 24.8 Å². The molecule has 4 atom stereocenters. The van der Waals surface area contributed by atoms with Crippen LogP contribution in [0.5, 0.6) is 0 Å². The van der Waals surface area contributed by atoms with E-state index in [9.17, 15) is 18.9 Å². The summed E-state index contributed by atoms with van der Waals surface area (Å²) in [5.41, 5.74) is -0.0477. The second-order valence-corrected chi connectivity index (χ2v) is 9.88. The number of halogens is 1. The van der Waals surface area contributed by atoms with Gasteiger partial charge in [0.05, 0.1) is 19.0 Å². The molecule has 13 nitrogen and oxygen atoms in total. The molecule has 16 heteroatoms. The Morgan fingerprint density at radius 2 is 2.03 bits per heavy atom.